The van der Waals surface area contributed by atoms with E-state index in [4.69, 9.17) is 16.3 Å². The van der Waals surface area contributed by atoms with Crippen molar-refractivity contribution in [2.24, 2.45) is 0 Å². The first-order valence-corrected chi connectivity index (χ1v) is 8.09. The maximum absolute atomic E-state index is 13.2. The Morgan fingerprint density at radius 1 is 1.17 bits per heavy atom. The summed E-state index contributed by atoms with van der Waals surface area (Å²) in [6.07, 6.45) is 0. The number of rotatable bonds is 4. The zero-order chi connectivity index (χ0) is 16.9. The summed E-state index contributed by atoms with van der Waals surface area (Å²) in [5, 5.41) is 12.5. The van der Waals surface area contributed by atoms with Crippen LogP contribution in [0.25, 0.3) is 0 Å². The lowest BCUT2D eigenvalue weighted by Crippen LogP contribution is -2.36. The van der Waals surface area contributed by atoms with Gasteiger partial charge in [0.15, 0.2) is 0 Å². The van der Waals surface area contributed by atoms with Crippen molar-refractivity contribution in [3.05, 3.63) is 58.9 Å². The van der Waals surface area contributed by atoms with Crippen LogP contribution in [0.15, 0.2) is 42.5 Å². The van der Waals surface area contributed by atoms with Crippen molar-refractivity contribution in [2.45, 2.75) is 6.04 Å². The summed E-state index contributed by atoms with van der Waals surface area (Å²) in [5.74, 6) is -0.481. The molecule has 4 nitrogen and oxygen atoms in total. The van der Waals surface area contributed by atoms with E-state index >= 15 is 0 Å². The molecule has 0 spiro atoms. The molecule has 1 fully saturated rings. The summed E-state index contributed by atoms with van der Waals surface area (Å²) in [4.78, 5) is 2.25. The molecule has 0 saturated carbocycles. The molecular formula is C18H17ClFN3O. The Labute approximate surface area is 145 Å². The Morgan fingerprint density at radius 2 is 1.88 bits per heavy atom. The molecule has 3 rings (SSSR count). The number of benzene rings is 2. The first-order valence-electron chi connectivity index (χ1n) is 7.71. The maximum Gasteiger partial charge on any atom is 0.141 e. The van der Waals surface area contributed by atoms with Gasteiger partial charge in [0.1, 0.15) is 11.9 Å². The van der Waals surface area contributed by atoms with Gasteiger partial charge in [-0.1, -0.05) is 23.7 Å². The summed E-state index contributed by atoms with van der Waals surface area (Å²) in [5.41, 5.74) is 2.56. The van der Waals surface area contributed by atoms with Gasteiger partial charge in [0.05, 0.1) is 24.3 Å². The van der Waals surface area contributed by atoms with E-state index in [1.807, 2.05) is 24.3 Å². The second kappa shape index (κ2) is 7.52. The smallest absolute Gasteiger partial charge is 0.141 e. The lowest BCUT2D eigenvalue weighted by molar-refractivity contribution is 0.122. The third-order valence-electron chi connectivity index (χ3n) is 3.96. The van der Waals surface area contributed by atoms with E-state index in [0.717, 1.165) is 37.6 Å². The van der Waals surface area contributed by atoms with Crippen LogP contribution in [-0.2, 0) is 4.74 Å². The Hall–Kier alpha value is -2.29. The number of ether oxygens (including phenoxy) is 1. The van der Waals surface area contributed by atoms with Crippen LogP contribution in [-0.4, -0.2) is 26.3 Å². The molecule has 1 unspecified atom stereocenters. The van der Waals surface area contributed by atoms with E-state index in [1.165, 1.54) is 12.1 Å². The number of nitrogens with zero attached hydrogens (tertiary/aromatic N) is 2. The third-order valence-corrected chi connectivity index (χ3v) is 4.25. The van der Waals surface area contributed by atoms with Crippen molar-refractivity contribution >= 4 is 23.0 Å². The first-order chi connectivity index (χ1) is 11.7. The van der Waals surface area contributed by atoms with Gasteiger partial charge in [0, 0.05) is 24.5 Å². The van der Waals surface area contributed by atoms with Gasteiger partial charge in [0.25, 0.3) is 0 Å². The molecule has 0 bridgehead atoms. The van der Waals surface area contributed by atoms with Gasteiger partial charge in [-0.25, -0.2) is 4.39 Å². The van der Waals surface area contributed by atoms with E-state index in [2.05, 4.69) is 16.3 Å². The van der Waals surface area contributed by atoms with E-state index in [9.17, 15) is 9.65 Å². The van der Waals surface area contributed by atoms with Crippen molar-refractivity contribution < 1.29 is 9.13 Å². The minimum Gasteiger partial charge on any atom is -0.378 e. The van der Waals surface area contributed by atoms with Crippen LogP contribution in [0, 0.1) is 17.1 Å². The highest BCUT2D eigenvalue weighted by atomic mass is 35.5. The number of nitrogens with one attached hydrogen (secondary N) is 1. The molecule has 0 amide bonds. The van der Waals surface area contributed by atoms with Gasteiger partial charge >= 0.3 is 0 Å². The highest BCUT2D eigenvalue weighted by Gasteiger charge is 2.14. The SMILES string of the molecule is N#CC(Nc1ccc(F)c(Cl)c1)c1ccc(N2CCOCC2)cc1. The van der Waals surface area contributed by atoms with Crippen molar-refractivity contribution in [3.63, 3.8) is 0 Å². The largest absolute Gasteiger partial charge is 0.378 e. The second-order valence-electron chi connectivity index (χ2n) is 5.53. The number of halogens is 2. The van der Waals surface area contributed by atoms with E-state index in [0.29, 0.717) is 5.69 Å². The normalized spacial score (nSPS) is 15.6. The third kappa shape index (κ3) is 3.78. The minimum absolute atomic E-state index is 0.0272. The molecule has 0 radical (unpaired) electrons. The molecule has 0 aromatic heterocycles. The van der Waals surface area contributed by atoms with Gasteiger partial charge in [-0.15, -0.1) is 0 Å². The molecule has 1 aliphatic heterocycles. The minimum atomic E-state index is -0.537. The Kier molecular flexibility index (Phi) is 5.19. The molecule has 6 heteroatoms. The van der Waals surface area contributed by atoms with Gasteiger partial charge in [-0.05, 0) is 35.9 Å². The monoisotopic (exact) mass is 345 g/mol. The fraction of sp³-hybridized carbons (Fsp3) is 0.278. The van der Waals surface area contributed by atoms with Crippen LogP contribution in [0.5, 0.6) is 0 Å². The number of morpholine rings is 1. The molecule has 2 aromatic rings. The molecule has 1 aliphatic rings. The van der Waals surface area contributed by atoms with Crippen LogP contribution in [0.3, 0.4) is 0 Å². The van der Waals surface area contributed by atoms with Crippen LogP contribution < -0.4 is 10.2 Å². The fourth-order valence-electron chi connectivity index (χ4n) is 2.64. The summed E-state index contributed by atoms with van der Waals surface area (Å²) >= 11 is 5.78. The second-order valence-corrected chi connectivity index (χ2v) is 5.93. The van der Waals surface area contributed by atoms with Crippen molar-refractivity contribution in [2.75, 3.05) is 36.5 Å². The zero-order valence-corrected chi connectivity index (χ0v) is 13.8. The lowest BCUT2D eigenvalue weighted by Gasteiger charge is -2.29. The molecule has 0 aliphatic carbocycles. The quantitative estimate of drug-likeness (QED) is 0.910. The maximum atomic E-state index is 13.2. The molecular weight excluding hydrogens is 329 g/mol. The standard InChI is InChI=1S/C18H17ClFN3O/c19-16-11-14(3-6-17(16)20)22-18(12-21)13-1-4-15(5-2-13)23-7-9-24-10-8-23/h1-6,11,18,22H,7-10H2. The topological polar surface area (TPSA) is 48.3 Å². The number of anilines is 2. The predicted octanol–water partition coefficient (Wildman–Crippen LogP) is 3.99. The van der Waals surface area contributed by atoms with Crippen molar-refractivity contribution in [3.8, 4) is 6.07 Å². The first kappa shape index (κ1) is 16.6. The van der Waals surface area contributed by atoms with E-state index < -0.39 is 11.9 Å². The number of hydrogen-bond acceptors (Lipinski definition) is 4. The molecule has 2 aromatic carbocycles. The van der Waals surface area contributed by atoms with Gasteiger partial charge in [-0.2, -0.15) is 5.26 Å². The molecule has 1 N–H and O–H groups in total. The molecule has 124 valence electrons. The zero-order valence-electron chi connectivity index (χ0n) is 13.0. The average molecular weight is 346 g/mol. The van der Waals surface area contributed by atoms with Crippen molar-refractivity contribution in [1.29, 1.82) is 5.26 Å². The number of hydrogen-bond donors (Lipinski definition) is 1. The van der Waals surface area contributed by atoms with Crippen LogP contribution in [0.1, 0.15) is 11.6 Å². The van der Waals surface area contributed by atoms with Crippen molar-refractivity contribution in [1.82, 2.24) is 0 Å². The van der Waals surface area contributed by atoms with Crippen LogP contribution >= 0.6 is 11.6 Å². The lowest BCUT2D eigenvalue weighted by atomic mass is 10.1. The van der Waals surface area contributed by atoms with Crippen LogP contribution in [0.2, 0.25) is 5.02 Å². The van der Waals surface area contributed by atoms with Gasteiger partial charge in [-0.3, -0.25) is 0 Å². The summed E-state index contributed by atoms with van der Waals surface area (Å²) < 4.78 is 18.6. The predicted molar refractivity (Wildman–Crippen MR) is 92.9 cm³/mol. The molecule has 1 atom stereocenters. The highest BCUT2D eigenvalue weighted by Crippen LogP contribution is 2.25. The average Bonchev–Trinajstić information content (AvgIpc) is 2.63. The summed E-state index contributed by atoms with van der Waals surface area (Å²) in [6.45, 7) is 3.20. The van der Waals surface area contributed by atoms with Gasteiger partial charge in [0.2, 0.25) is 0 Å². The van der Waals surface area contributed by atoms with E-state index in [-0.39, 0.29) is 5.02 Å². The highest BCUT2D eigenvalue weighted by molar-refractivity contribution is 6.31. The Morgan fingerprint density at radius 3 is 2.50 bits per heavy atom. The molecule has 1 saturated heterocycles. The van der Waals surface area contributed by atoms with Gasteiger partial charge < -0.3 is 15.0 Å². The molecule has 24 heavy (non-hydrogen) atoms. The fourth-order valence-corrected chi connectivity index (χ4v) is 2.82. The Balaban J connectivity index is 1.73. The van der Waals surface area contributed by atoms with Crippen LogP contribution in [0.4, 0.5) is 15.8 Å². The Bertz CT molecular complexity index is 739. The molecule has 1 heterocycles. The summed E-state index contributed by atoms with van der Waals surface area (Å²) in [7, 11) is 0. The van der Waals surface area contributed by atoms with E-state index in [1.54, 1.807) is 6.07 Å². The number of nitriles is 1. The summed E-state index contributed by atoms with van der Waals surface area (Å²) in [6, 6.07) is 13.9.